The molecule has 10 heavy (non-hydrogen) atoms. The Labute approximate surface area is 60.2 Å². The maximum atomic E-state index is 8.49. The van der Waals surface area contributed by atoms with E-state index in [-0.39, 0.29) is 5.92 Å². The zero-order valence-corrected chi connectivity index (χ0v) is 5.78. The van der Waals surface area contributed by atoms with Gasteiger partial charge in [-0.3, -0.25) is 4.99 Å². The Balaban J connectivity index is 2.80. The van der Waals surface area contributed by atoms with Crippen molar-refractivity contribution in [3.63, 3.8) is 0 Å². The molecule has 0 aliphatic carbocycles. The lowest BCUT2D eigenvalue weighted by Gasteiger charge is -1.87. The molecule has 2 heteroatoms. The molecule has 0 saturated heterocycles. The topological polar surface area (TPSA) is 36.1 Å². The minimum absolute atomic E-state index is 0.159. The summed E-state index contributed by atoms with van der Waals surface area (Å²) in [6.07, 6.45) is 7.12. The molecule has 1 unspecified atom stereocenters. The van der Waals surface area contributed by atoms with Gasteiger partial charge in [0.25, 0.3) is 0 Å². The monoisotopic (exact) mass is 132 g/mol. The normalized spacial score (nSPS) is 23.2. The molecule has 0 aromatic heterocycles. The average molecular weight is 132 g/mol. The highest BCUT2D eigenvalue weighted by molar-refractivity contribution is 5.68. The quantitative estimate of drug-likeness (QED) is 0.494. The second-order valence-corrected chi connectivity index (χ2v) is 2.19. The van der Waals surface area contributed by atoms with Gasteiger partial charge in [-0.2, -0.15) is 5.26 Å². The molecule has 50 valence electrons. The zero-order chi connectivity index (χ0) is 7.40. The Morgan fingerprint density at radius 1 is 1.70 bits per heavy atom. The van der Waals surface area contributed by atoms with Crippen LogP contribution in [0.4, 0.5) is 0 Å². The highest BCUT2D eigenvalue weighted by Gasteiger charge is 1.98. The average Bonchev–Trinajstić information content (AvgIpc) is 2.14. The van der Waals surface area contributed by atoms with E-state index in [0.717, 1.165) is 5.57 Å². The van der Waals surface area contributed by atoms with Crippen LogP contribution in [-0.2, 0) is 0 Å². The van der Waals surface area contributed by atoms with E-state index in [0.29, 0.717) is 0 Å². The second-order valence-electron chi connectivity index (χ2n) is 2.19. The Hall–Kier alpha value is -1.36. The Kier molecular flexibility index (Phi) is 2.01. The molecule has 0 N–H and O–H groups in total. The fraction of sp³-hybridized carbons (Fsp3) is 0.250. The third-order valence-corrected chi connectivity index (χ3v) is 1.24. The van der Waals surface area contributed by atoms with E-state index < -0.39 is 0 Å². The maximum absolute atomic E-state index is 8.49. The van der Waals surface area contributed by atoms with Gasteiger partial charge in [0.15, 0.2) is 0 Å². The summed E-state index contributed by atoms with van der Waals surface area (Å²) in [4.78, 5) is 3.93. The molecule has 1 aliphatic heterocycles. The summed E-state index contributed by atoms with van der Waals surface area (Å²) in [7, 11) is 0. The van der Waals surface area contributed by atoms with Gasteiger partial charge in [-0.1, -0.05) is 12.2 Å². The van der Waals surface area contributed by atoms with Crippen molar-refractivity contribution in [3.8, 4) is 6.07 Å². The molecule has 0 amide bonds. The van der Waals surface area contributed by atoms with E-state index in [2.05, 4.69) is 11.1 Å². The van der Waals surface area contributed by atoms with Crippen LogP contribution >= 0.6 is 0 Å². The van der Waals surface area contributed by atoms with Gasteiger partial charge in [0, 0.05) is 12.4 Å². The van der Waals surface area contributed by atoms with Crippen LogP contribution in [0.3, 0.4) is 0 Å². The first kappa shape index (κ1) is 6.76. The Morgan fingerprint density at radius 3 is 3.20 bits per heavy atom. The predicted molar refractivity (Wildman–Crippen MR) is 40.5 cm³/mol. The van der Waals surface area contributed by atoms with Crippen molar-refractivity contribution in [2.45, 2.75) is 6.92 Å². The van der Waals surface area contributed by atoms with Crippen LogP contribution < -0.4 is 0 Å². The van der Waals surface area contributed by atoms with Gasteiger partial charge in [-0.25, -0.2) is 0 Å². The minimum Gasteiger partial charge on any atom is -0.267 e. The molecule has 0 radical (unpaired) electrons. The van der Waals surface area contributed by atoms with Crippen molar-refractivity contribution >= 4 is 6.21 Å². The van der Waals surface area contributed by atoms with E-state index in [4.69, 9.17) is 5.26 Å². The molecule has 1 aliphatic rings. The van der Waals surface area contributed by atoms with E-state index in [1.807, 2.05) is 19.1 Å². The summed E-state index contributed by atoms with van der Waals surface area (Å²) < 4.78 is 0. The first-order valence-corrected chi connectivity index (χ1v) is 3.11. The molecule has 1 atom stereocenters. The number of hydrogen-bond donors (Lipinski definition) is 0. The van der Waals surface area contributed by atoms with Crippen LogP contribution in [0.25, 0.3) is 0 Å². The summed E-state index contributed by atoms with van der Waals surface area (Å²) in [5.41, 5.74) is 1.08. The van der Waals surface area contributed by atoms with Gasteiger partial charge >= 0.3 is 0 Å². The summed E-state index contributed by atoms with van der Waals surface area (Å²) in [6, 6.07) is 2.09. The number of nitrogens with zero attached hydrogens (tertiary/aromatic N) is 2. The highest BCUT2D eigenvalue weighted by Crippen LogP contribution is 2.04. The lowest BCUT2D eigenvalue weighted by Crippen LogP contribution is -1.90. The summed E-state index contributed by atoms with van der Waals surface area (Å²) in [5.74, 6) is -0.159. The lowest BCUT2D eigenvalue weighted by atomic mass is 10.1. The Morgan fingerprint density at radius 2 is 2.50 bits per heavy atom. The van der Waals surface area contributed by atoms with E-state index in [1.165, 1.54) is 0 Å². The predicted octanol–water partition coefficient (Wildman–Crippen LogP) is 1.67. The smallest absolute Gasteiger partial charge is 0.0998 e. The van der Waals surface area contributed by atoms with E-state index >= 15 is 0 Å². The van der Waals surface area contributed by atoms with Crippen molar-refractivity contribution in [1.82, 2.24) is 0 Å². The second kappa shape index (κ2) is 2.98. The van der Waals surface area contributed by atoms with Gasteiger partial charge < -0.3 is 0 Å². The maximum Gasteiger partial charge on any atom is 0.0998 e. The number of allylic oxidation sites excluding steroid dienone is 3. The van der Waals surface area contributed by atoms with Crippen LogP contribution in [0.2, 0.25) is 0 Å². The molecule has 0 aromatic carbocycles. The van der Waals surface area contributed by atoms with Crippen LogP contribution in [0.15, 0.2) is 28.9 Å². The summed E-state index contributed by atoms with van der Waals surface area (Å²) in [5, 5.41) is 8.49. The largest absolute Gasteiger partial charge is 0.267 e. The Bertz CT molecular complexity index is 240. The molecule has 0 aromatic rings. The highest BCUT2D eigenvalue weighted by atomic mass is 14.7. The molecule has 1 heterocycles. The molecule has 0 spiro atoms. The van der Waals surface area contributed by atoms with E-state index in [1.54, 1.807) is 12.4 Å². The van der Waals surface area contributed by atoms with Crippen molar-refractivity contribution in [2.24, 2.45) is 10.9 Å². The number of aliphatic imine (C=N–C) groups is 1. The minimum atomic E-state index is -0.159. The van der Waals surface area contributed by atoms with Crippen LogP contribution in [0, 0.1) is 17.2 Å². The van der Waals surface area contributed by atoms with Gasteiger partial charge in [-0.15, -0.1) is 0 Å². The van der Waals surface area contributed by atoms with Gasteiger partial charge in [0.05, 0.1) is 12.0 Å². The molecule has 0 saturated carbocycles. The van der Waals surface area contributed by atoms with Crippen LogP contribution in [0.5, 0.6) is 0 Å². The summed E-state index contributed by atoms with van der Waals surface area (Å²) >= 11 is 0. The fourth-order valence-electron chi connectivity index (χ4n) is 0.678. The van der Waals surface area contributed by atoms with Gasteiger partial charge in [-0.05, 0) is 12.5 Å². The molecule has 2 nitrogen and oxygen atoms in total. The molecular formula is C8H8N2. The lowest BCUT2D eigenvalue weighted by molar-refractivity contribution is 1.17. The van der Waals surface area contributed by atoms with Gasteiger partial charge in [0.2, 0.25) is 0 Å². The standard InChI is InChI=1S/C8H8N2/c1-7-2-3-8(4-9)6-10-5-7/h2-3,5-6,8H,1H3. The number of nitriles is 1. The first-order chi connectivity index (χ1) is 4.83. The summed E-state index contributed by atoms with van der Waals surface area (Å²) in [6.45, 7) is 1.95. The van der Waals surface area contributed by atoms with Crippen LogP contribution in [0.1, 0.15) is 6.92 Å². The molecule has 0 bridgehead atoms. The van der Waals surface area contributed by atoms with Crippen molar-refractivity contribution in [3.05, 3.63) is 23.9 Å². The number of rotatable bonds is 0. The molecule has 1 rings (SSSR count). The first-order valence-electron chi connectivity index (χ1n) is 3.11. The molecular weight excluding hydrogens is 124 g/mol. The SMILES string of the molecule is CC1=CN=CC(C#N)C=C1. The van der Waals surface area contributed by atoms with Crippen molar-refractivity contribution in [1.29, 1.82) is 5.26 Å². The zero-order valence-electron chi connectivity index (χ0n) is 5.78. The van der Waals surface area contributed by atoms with Gasteiger partial charge in [0.1, 0.15) is 0 Å². The third kappa shape index (κ3) is 1.56. The molecule has 0 fully saturated rings. The van der Waals surface area contributed by atoms with Crippen LogP contribution in [-0.4, -0.2) is 6.21 Å². The number of hydrogen-bond acceptors (Lipinski definition) is 2. The van der Waals surface area contributed by atoms with Crippen molar-refractivity contribution in [2.75, 3.05) is 0 Å². The van der Waals surface area contributed by atoms with Crippen molar-refractivity contribution < 1.29 is 0 Å². The van der Waals surface area contributed by atoms with E-state index in [9.17, 15) is 0 Å². The third-order valence-electron chi connectivity index (χ3n) is 1.24. The fourth-order valence-corrected chi connectivity index (χ4v) is 0.678.